The van der Waals surface area contributed by atoms with E-state index in [2.05, 4.69) is 26.8 Å². The van der Waals surface area contributed by atoms with E-state index in [1.54, 1.807) is 30.3 Å². The first-order chi connectivity index (χ1) is 17.7. The Morgan fingerprint density at radius 2 is 1.54 bits per heavy atom. The van der Waals surface area contributed by atoms with E-state index in [1.165, 1.54) is 18.2 Å². The van der Waals surface area contributed by atoms with Crippen molar-refractivity contribution in [3.63, 3.8) is 0 Å². The normalized spacial score (nSPS) is 27.7. The molecule has 4 amide bonds. The molecule has 1 heterocycles. The van der Waals surface area contributed by atoms with Gasteiger partial charge in [-0.3, -0.25) is 34.9 Å². The molecule has 2 aromatic rings. The fraction of sp³-hybridized carbons (Fsp3) is 0.320. The van der Waals surface area contributed by atoms with Crippen LogP contribution in [-0.4, -0.2) is 47.0 Å². The largest absolute Gasteiger partial charge is 0.452 e. The Bertz CT molecular complexity index is 1270. The topological polar surface area (TPSA) is 122 Å². The standard InChI is InChI=1S/C25H20BrCl2N3O6/c26-13-6-4-11(5-7-13)22(33)30-29-17(32)10-37-25(36)12-2-1-3-14(8-12)31-23(34)18-15-9-16(19(18)24(31)35)21(28)20(15)27/h1-8,15-16,18-21H,9-10H2,(H,29,32)(H,30,33)/t15-,16-,18-,19-,20-,21+/m1/s1. The predicted octanol–water partition coefficient (Wildman–Crippen LogP) is 3.04. The van der Waals surface area contributed by atoms with Crippen molar-refractivity contribution in [3.05, 3.63) is 64.1 Å². The van der Waals surface area contributed by atoms with Crippen LogP contribution in [0.5, 0.6) is 0 Å². The lowest BCUT2D eigenvalue weighted by atomic mass is 9.80. The molecule has 3 aliphatic rings. The third-order valence-electron chi connectivity index (χ3n) is 7.08. The number of rotatable bonds is 5. The molecule has 6 atom stereocenters. The molecule has 2 aromatic carbocycles. The van der Waals surface area contributed by atoms with Crippen LogP contribution in [0.4, 0.5) is 5.69 Å². The molecule has 5 rings (SSSR count). The molecular formula is C25H20BrCl2N3O6. The van der Waals surface area contributed by atoms with Crippen molar-refractivity contribution in [1.82, 2.24) is 10.9 Å². The highest BCUT2D eigenvalue weighted by Gasteiger charge is 2.66. The summed E-state index contributed by atoms with van der Waals surface area (Å²) >= 11 is 16.1. The highest BCUT2D eigenvalue weighted by Crippen LogP contribution is 2.59. The van der Waals surface area contributed by atoms with Gasteiger partial charge in [-0.15, -0.1) is 23.2 Å². The molecule has 0 radical (unpaired) electrons. The monoisotopic (exact) mass is 607 g/mol. The molecule has 2 N–H and O–H groups in total. The first-order valence-electron chi connectivity index (χ1n) is 11.4. The van der Waals surface area contributed by atoms with Crippen molar-refractivity contribution in [2.24, 2.45) is 23.7 Å². The molecule has 0 unspecified atom stereocenters. The Morgan fingerprint density at radius 3 is 2.16 bits per heavy atom. The number of benzene rings is 2. The van der Waals surface area contributed by atoms with Crippen LogP contribution in [0, 0.1) is 23.7 Å². The number of nitrogens with one attached hydrogen (secondary N) is 2. The molecule has 2 bridgehead atoms. The van der Waals surface area contributed by atoms with Crippen molar-refractivity contribution < 1.29 is 28.7 Å². The summed E-state index contributed by atoms with van der Waals surface area (Å²) < 4.78 is 5.83. The molecule has 12 heteroatoms. The smallest absolute Gasteiger partial charge is 0.338 e. The molecule has 2 saturated carbocycles. The first kappa shape index (κ1) is 25.7. The fourth-order valence-electron chi connectivity index (χ4n) is 5.43. The lowest BCUT2D eigenvalue weighted by Gasteiger charge is -2.28. The van der Waals surface area contributed by atoms with Gasteiger partial charge >= 0.3 is 5.97 Å². The first-order valence-corrected chi connectivity index (χ1v) is 13.1. The van der Waals surface area contributed by atoms with E-state index in [0.717, 1.165) is 9.37 Å². The van der Waals surface area contributed by atoms with Crippen LogP contribution in [0.3, 0.4) is 0 Å². The number of fused-ring (bicyclic) bond motifs is 5. The van der Waals surface area contributed by atoms with Gasteiger partial charge in [0, 0.05) is 10.0 Å². The quantitative estimate of drug-likeness (QED) is 0.233. The minimum Gasteiger partial charge on any atom is -0.452 e. The SMILES string of the molecule is O=C(COC(=O)c1cccc(N2C(=O)[C@@H]3[C@H]4C[C@@H]([C@@H](Cl)[C@H]4Cl)[C@H]3C2=O)c1)NNC(=O)c1ccc(Br)cc1. The van der Waals surface area contributed by atoms with Gasteiger partial charge < -0.3 is 4.74 Å². The van der Waals surface area contributed by atoms with Crippen molar-refractivity contribution in [2.75, 3.05) is 11.5 Å². The van der Waals surface area contributed by atoms with Crippen LogP contribution in [-0.2, 0) is 19.1 Å². The Balaban J connectivity index is 1.19. The molecule has 192 valence electrons. The number of ether oxygens (including phenoxy) is 1. The van der Waals surface area contributed by atoms with E-state index in [-0.39, 0.29) is 45.7 Å². The number of hydrogen-bond acceptors (Lipinski definition) is 6. The van der Waals surface area contributed by atoms with Gasteiger partial charge in [-0.1, -0.05) is 22.0 Å². The maximum atomic E-state index is 13.2. The van der Waals surface area contributed by atoms with Gasteiger partial charge in [0.05, 0.1) is 33.8 Å². The number of hydrazine groups is 1. The second-order valence-electron chi connectivity index (χ2n) is 9.15. The predicted molar refractivity (Wildman–Crippen MR) is 137 cm³/mol. The molecule has 0 aromatic heterocycles. The highest BCUT2D eigenvalue weighted by molar-refractivity contribution is 9.10. The summed E-state index contributed by atoms with van der Waals surface area (Å²) in [6, 6.07) is 12.4. The Kier molecular flexibility index (Phi) is 6.99. The third-order valence-corrected chi connectivity index (χ3v) is 8.93. The zero-order valence-corrected chi connectivity index (χ0v) is 22.1. The number of carbonyl (C=O) groups is 5. The number of halogens is 3. The zero-order chi connectivity index (χ0) is 26.4. The van der Waals surface area contributed by atoms with Gasteiger partial charge in [0.2, 0.25) is 11.8 Å². The minimum absolute atomic E-state index is 0.0512. The second kappa shape index (κ2) is 10.1. The molecule has 1 saturated heterocycles. The maximum Gasteiger partial charge on any atom is 0.338 e. The van der Waals surface area contributed by atoms with Crippen LogP contribution < -0.4 is 15.8 Å². The Hall–Kier alpha value is -2.95. The van der Waals surface area contributed by atoms with Gasteiger partial charge in [0.15, 0.2) is 6.61 Å². The lowest BCUT2D eigenvalue weighted by molar-refractivity contribution is -0.125. The number of imide groups is 1. The van der Waals surface area contributed by atoms with Crippen molar-refractivity contribution in [2.45, 2.75) is 17.2 Å². The summed E-state index contributed by atoms with van der Waals surface area (Å²) in [4.78, 5) is 64.1. The minimum atomic E-state index is -0.836. The molecule has 9 nitrogen and oxygen atoms in total. The summed E-state index contributed by atoms with van der Waals surface area (Å²) in [5, 5.41) is -0.728. The number of anilines is 1. The summed E-state index contributed by atoms with van der Waals surface area (Å²) in [5.41, 5.74) is 5.01. The van der Waals surface area contributed by atoms with Crippen molar-refractivity contribution in [1.29, 1.82) is 0 Å². The van der Waals surface area contributed by atoms with E-state index < -0.39 is 36.2 Å². The fourth-order valence-corrected chi connectivity index (χ4v) is 6.58. The molecule has 3 fully saturated rings. The van der Waals surface area contributed by atoms with E-state index in [1.807, 2.05) is 0 Å². The number of alkyl halides is 2. The van der Waals surface area contributed by atoms with Crippen LogP contribution in [0.25, 0.3) is 0 Å². The molecule has 1 aliphatic heterocycles. The summed E-state index contributed by atoms with van der Waals surface area (Å²) in [7, 11) is 0. The maximum absolute atomic E-state index is 13.2. The van der Waals surface area contributed by atoms with Gasteiger partial charge in [0.1, 0.15) is 0 Å². The summed E-state index contributed by atoms with van der Waals surface area (Å²) in [6.07, 6.45) is 0.654. The van der Waals surface area contributed by atoms with Gasteiger partial charge in [-0.05, 0) is 60.7 Å². The molecular weight excluding hydrogens is 589 g/mol. The summed E-state index contributed by atoms with van der Waals surface area (Å²) in [6.45, 7) is -0.660. The second-order valence-corrected chi connectivity index (χ2v) is 11.1. The van der Waals surface area contributed by atoms with Crippen LogP contribution in [0.2, 0.25) is 0 Å². The highest BCUT2D eigenvalue weighted by atomic mass is 79.9. The Labute approximate surface area is 229 Å². The number of esters is 1. The van der Waals surface area contributed by atoms with E-state index in [4.69, 9.17) is 27.9 Å². The van der Waals surface area contributed by atoms with E-state index >= 15 is 0 Å². The van der Waals surface area contributed by atoms with Gasteiger partial charge in [0.25, 0.3) is 11.8 Å². The number of hydrogen-bond donors (Lipinski definition) is 2. The zero-order valence-electron chi connectivity index (χ0n) is 19.0. The van der Waals surface area contributed by atoms with E-state index in [9.17, 15) is 24.0 Å². The van der Waals surface area contributed by atoms with Gasteiger partial charge in [-0.2, -0.15) is 0 Å². The Morgan fingerprint density at radius 1 is 0.919 bits per heavy atom. The van der Waals surface area contributed by atoms with Crippen molar-refractivity contribution >= 4 is 74.4 Å². The average molecular weight is 609 g/mol. The summed E-state index contributed by atoms with van der Waals surface area (Å²) in [5.74, 6) is -4.16. The van der Waals surface area contributed by atoms with Crippen LogP contribution in [0.1, 0.15) is 27.1 Å². The van der Waals surface area contributed by atoms with E-state index in [0.29, 0.717) is 12.0 Å². The average Bonchev–Trinajstić information content (AvgIpc) is 3.51. The number of amides is 4. The van der Waals surface area contributed by atoms with Crippen LogP contribution >= 0.6 is 39.1 Å². The van der Waals surface area contributed by atoms with Crippen molar-refractivity contribution in [3.8, 4) is 0 Å². The van der Waals surface area contributed by atoms with Gasteiger partial charge in [-0.25, -0.2) is 4.79 Å². The molecule has 2 aliphatic carbocycles. The van der Waals surface area contributed by atoms with Crippen LogP contribution in [0.15, 0.2) is 53.0 Å². The lowest BCUT2D eigenvalue weighted by Crippen LogP contribution is -2.43. The molecule has 37 heavy (non-hydrogen) atoms. The third kappa shape index (κ3) is 4.62. The number of carbonyl (C=O) groups excluding carboxylic acids is 5. The molecule has 0 spiro atoms. The number of nitrogens with zero attached hydrogens (tertiary/aromatic N) is 1.